The fourth-order valence-electron chi connectivity index (χ4n) is 3.07. The van der Waals surface area contributed by atoms with E-state index in [1.165, 1.54) is 10.4 Å². The normalized spacial score (nSPS) is 16.0. The van der Waals surface area contributed by atoms with Gasteiger partial charge in [0.25, 0.3) is 0 Å². The average molecular weight is 343 g/mol. The minimum atomic E-state index is -0.0601. The number of hydrogen-bond acceptors (Lipinski definition) is 3. The van der Waals surface area contributed by atoms with Crippen LogP contribution in [0, 0.1) is 5.92 Å². The first-order valence-electron chi connectivity index (χ1n) is 8.60. The van der Waals surface area contributed by atoms with Gasteiger partial charge in [0, 0.05) is 18.0 Å². The summed E-state index contributed by atoms with van der Waals surface area (Å²) >= 11 is 1.66. The zero-order chi connectivity index (χ0) is 16.6. The highest BCUT2D eigenvalue weighted by atomic mass is 32.1. The Labute approximate surface area is 147 Å². The van der Waals surface area contributed by atoms with Crippen LogP contribution in [0.3, 0.4) is 0 Å². The third kappa shape index (κ3) is 5.35. The molecule has 2 N–H and O–H groups in total. The fourth-order valence-corrected chi connectivity index (χ4v) is 3.71. The van der Waals surface area contributed by atoms with Crippen LogP contribution in [0.1, 0.15) is 23.3 Å². The Morgan fingerprint density at radius 1 is 1.08 bits per heavy atom. The molecule has 2 amide bonds. The van der Waals surface area contributed by atoms with E-state index in [4.69, 9.17) is 0 Å². The Bertz CT molecular complexity index is 607. The number of hydrogen-bond donors (Lipinski definition) is 2. The third-order valence-electron chi connectivity index (χ3n) is 4.51. The smallest absolute Gasteiger partial charge is 0.315 e. The van der Waals surface area contributed by atoms with Gasteiger partial charge in [0.2, 0.25) is 0 Å². The van der Waals surface area contributed by atoms with E-state index in [0.717, 1.165) is 39.0 Å². The molecule has 0 radical (unpaired) electrons. The molecule has 1 aliphatic rings. The summed E-state index contributed by atoms with van der Waals surface area (Å²) in [4.78, 5) is 15.5. The molecule has 0 atom stereocenters. The van der Waals surface area contributed by atoms with Crippen LogP contribution in [0.15, 0.2) is 47.8 Å². The molecule has 0 aliphatic carbocycles. The van der Waals surface area contributed by atoms with Crippen LogP contribution < -0.4 is 10.6 Å². The number of carbonyl (C=O) groups is 1. The summed E-state index contributed by atoms with van der Waals surface area (Å²) in [5.41, 5.74) is 1.38. The van der Waals surface area contributed by atoms with Crippen molar-refractivity contribution in [1.29, 1.82) is 0 Å². The molecule has 1 aromatic heterocycles. The van der Waals surface area contributed by atoms with Crippen molar-refractivity contribution in [2.75, 3.05) is 19.6 Å². The van der Waals surface area contributed by atoms with Crippen molar-refractivity contribution < 1.29 is 4.79 Å². The Balaban J connectivity index is 1.31. The zero-order valence-electron chi connectivity index (χ0n) is 13.9. The predicted octanol–water partition coefficient (Wildman–Crippen LogP) is 3.46. The first-order chi connectivity index (χ1) is 11.8. The lowest BCUT2D eigenvalue weighted by molar-refractivity contribution is 0.175. The summed E-state index contributed by atoms with van der Waals surface area (Å²) in [6, 6.07) is 14.6. The van der Waals surface area contributed by atoms with Crippen molar-refractivity contribution in [2.24, 2.45) is 5.92 Å². The minimum Gasteiger partial charge on any atom is -0.338 e. The van der Waals surface area contributed by atoms with Crippen molar-refractivity contribution in [3.63, 3.8) is 0 Å². The van der Waals surface area contributed by atoms with Crippen LogP contribution in [0.25, 0.3) is 0 Å². The van der Waals surface area contributed by atoms with E-state index in [-0.39, 0.29) is 6.03 Å². The van der Waals surface area contributed by atoms with Crippen molar-refractivity contribution in [3.8, 4) is 0 Å². The van der Waals surface area contributed by atoms with Gasteiger partial charge in [0.1, 0.15) is 0 Å². The predicted molar refractivity (Wildman–Crippen MR) is 99.0 cm³/mol. The molecule has 1 aromatic carbocycles. The maximum atomic E-state index is 11.9. The summed E-state index contributed by atoms with van der Waals surface area (Å²) in [5.74, 6) is 0.588. The maximum Gasteiger partial charge on any atom is 0.315 e. The summed E-state index contributed by atoms with van der Waals surface area (Å²) in [6.07, 6.45) is 2.30. The van der Waals surface area contributed by atoms with Crippen LogP contribution in [0.4, 0.5) is 4.79 Å². The van der Waals surface area contributed by atoms with E-state index in [2.05, 4.69) is 45.9 Å². The minimum absolute atomic E-state index is 0.0601. The van der Waals surface area contributed by atoms with Gasteiger partial charge in [-0.1, -0.05) is 36.4 Å². The number of nitrogens with one attached hydrogen (secondary N) is 2. The van der Waals surface area contributed by atoms with Gasteiger partial charge < -0.3 is 10.6 Å². The standard InChI is InChI=1S/C19H25N3OS/c23-19(21-14-18-7-4-12-24-18)20-13-16-8-10-22(11-9-16)15-17-5-2-1-3-6-17/h1-7,12,16H,8-11,13-15H2,(H2,20,21,23). The van der Waals surface area contributed by atoms with Gasteiger partial charge in [-0.3, -0.25) is 4.90 Å². The number of amides is 2. The van der Waals surface area contributed by atoms with Crippen molar-refractivity contribution in [3.05, 3.63) is 58.3 Å². The molecule has 2 aromatic rings. The number of likely N-dealkylation sites (tertiary alicyclic amines) is 1. The largest absolute Gasteiger partial charge is 0.338 e. The lowest BCUT2D eigenvalue weighted by atomic mass is 9.96. The van der Waals surface area contributed by atoms with E-state index in [0.29, 0.717) is 12.5 Å². The van der Waals surface area contributed by atoms with Crippen molar-refractivity contribution >= 4 is 17.4 Å². The van der Waals surface area contributed by atoms with Gasteiger partial charge >= 0.3 is 6.03 Å². The van der Waals surface area contributed by atoms with Crippen LogP contribution in [-0.4, -0.2) is 30.6 Å². The van der Waals surface area contributed by atoms with E-state index in [1.807, 2.05) is 17.5 Å². The Morgan fingerprint density at radius 3 is 2.58 bits per heavy atom. The van der Waals surface area contributed by atoms with Gasteiger partial charge in [-0.15, -0.1) is 11.3 Å². The summed E-state index contributed by atoms with van der Waals surface area (Å²) < 4.78 is 0. The Kier molecular flexibility index (Phi) is 6.26. The quantitative estimate of drug-likeness (QED) is 0.844. The third-order valence-corrected chi connectivity index (χ3v) is 5.39. The molecule has 128 valence electrons. The molecule has 5 heteroatoms. The first-order valence-corrected chi connectivity index (χ1v) is 9.48. The highest BCUT2D eigenvalue weighted by Crippen LogP contribution is 2.18. The topological polar surface area (TPSA) is 44.4 Å². The number of nitrogens with zero attached hydrogens (tertiary/aromatic N) is 1. The molecule has 3 rings (SSSR count). The maximum absolute atomic E-state index is 11.9. The van der Waals surface area contributed by atoms with E-state index >= 15 is 0 Å². The fraction of sp³-hybridized carbons (Fsp3) is 0.421. The summed E-state index contributed by atoms with van der Waals surface area (Å²) in [6.45, 7) is 4.63. The molecule has 24 heavy (non-hydrogen) atoms. The van der Waals surface area contributed by atoms with Gasteiger partial charge in [0.05, 0.1) is 6.54 Å². The SMILES string of the molecule is O=C(NCc1cccs1)NCC1CCN(Cc2ccccc2)CC1. The monoisotopic (exact) mass is 343 g/mol. The second-order valence-electron chi connectivity index (χ2n) is 6.35. The lowest BCUT2D eigenvalue weighted by Gasteiger charge is -2.32. The van der Waals surface area contributed by atoms with Gasteiger partial charge in [-0.05, 0) is 48.9 Å². The second kappa shape index (κ2) is 8.85. The zero-order valence-corrected chi connectivity index (χ0v) is 14.7. The summed E-state index contributed by atoms with van der Waals surface area (Å²) in [5, 5.41) is 7.96. The highest BCUT2D eigenvalue weighted by Gasteiger charge is 2.19. The molecule has 0 unspecified atom stereocenters. The number of thiophene rings is 1. The molecule has 1 fully saturated rings. The molecule has 0 saturated carbocycles. The van der Waals surface area contributed by atoms with E-state index < -0.39 is 0 Å². The number of benzene rings is 1. The molecular formula is C19H25N3OS. The number of carbonyl (C=O) groups excluding carboxylic acids is 1. The van der Waals surface area contributed by atoms with Crippen LogP contribution in [0.2, 0.25) is 0 Å². The number of rotatable bonds is 6. The summed E-state index contributed by atoms with van der Waals surface area (Å²) in [7, 11) is 0. The molecule has 4 nitrogen and oxygen atoms in total. The lowest BCUT2D eigenvalue weighted by Crippen LogP contribution is -2.41. The Morgan fingerprint density at radius 2 is 1.88 bits per heavy atom. The van der Waals surface area contributed by atoms with Crippen molar-refractivity contribution in [2.45, 2.75) is 25.9 Å². The first kappa shape index (κ1) is 17.0. The van der Waals surface area contributed by atoms with Gasteiger partial charge in [-0.2, -0.15) is 0 Å². The number of urea groups is 1. The van der Waals surface area contributed by atoms with Crippen molar-refractivity contribution in [1.82, 2.24) is 15.5 Å². The Hall–Kier alpha value is -1.85. The second-order valence-corrected chi connectivity index (χ2v) is 7.38. The van der Waals surface area contributed by atoms with Crippen LogP contribution in [-0.2, 0) is 13.1 Å². The van der Waals surface area contributed by atoms with Crippen LogP contribution >= 0.6 is 11.3 Å². The molecule has 0 spiro atoms. The molecule has 0 bridgehead atoms. The molecule has 1 saturated heterocycles. The van der Waals surface area contributed by atoms with Gasteiger partial charge in [-0.25, -0.2) is 4.79 Å². The molecular weight excluding hydrogens is 318 g/mol. The molecule has 1 aliphatic heterocycles. The van der Waals surface area contributed by atoms with E-state index in [9.17, 15) is 4.79 Å². The van der Waals surface area contributed by atoms with E-state index in [1.54, 1.807) is 11.3 Å². The molecule has 2 heterocycles. The number of piperidine rings is 1. The average Bonchev–Trinajstić information content (AvgIpc) is 3.14. The van der Waals surface area contributed by atoms with Gasteiger partial charge in [0.15, 0.2) is 0 Å². The highest BCUT2D eigenvalue weighted by molar-refractivity contribution is 7.09. The van der Waals surface area contributed by atoms with Crippen LogP contribution in [0.5, 0.6) is 0 Å².